The number of hydrogen-bond acceptors (Lipinski definition) is 4. The normalized spacial score (nSPS) is 15.2. The number of carbonyl (C=O) groups excluding carboxylic acids is 2. The Hall–Kier alpha value is -3.71. The van der Waals surface area contributed by atoms with Gasteiger partial charge in [-0.2, -0.15) is 0 Å². The van der Waals surface area contributed by atoms with Gasteiger partial charge in [0.1, 0.15) is 6.04 Å². The van der Waals surface area contributed by atoms with Crippen LogP contribution < -0.4 is 10.2 Å². The molecule has 0 radical (unpaired) electrons. The third kappa shape index (κ3) is 3.61. The van der Waals surface area contributed by atoms with E-state index in [1.54, 1.807) is 29.4 Å². The predicted molar refractivity (Wildman–Crippen MR) is 124 cm³/mol. The van der Waals surface area contributed by atoms with Crippen molar-refractivity contribution in [1.82, 2.24) is 14.5 Å². The van der Waals surface area contributed by atoms with Crippen molar-refractivity contribution in [3.63, 3.8) is 0 Å². The van der Waals surface area contributed by atoms with Crippen LogP contribution in [0.3, 0.4) is 0 Å². The third-order valence-electron chi connectivity index (χ3n) is 5.60. The lowest BCUT2D eigenvalue weighted by Crippen LogP contribution is -2.31. The molecule has 1 aliphatic heterocycles. The monoisotopic (exact) mass is 445 g/mol. The van der Waals surface area contributed by atoms with Crippen LogP contribution in [0.1, 0.15) is 23.6 Å². The first kappa shape index (κ1) is 20.2. The van der Waals surface area contributed by atoms with Crippen LogP contribution in [-0.2, 0) is 16.1 Å². The number of rotatable bonds is 5. The van der Waals surface area contributed by atoms with Gasteiger partial charge in [-0.3, -0.25) is 24.0 Å². The molecule has 0 aliphatic carbocycles. The van der Waals surface area contributed by atoms with Gasteiger partial charge in [-0.25, -0.2) is 4.98 Å². The molecule has 1 aliphatic rings. The molecule has 2 aromatic heterocycles. The molecule has 32 heavy (non-hydrogen) atoms. The molecule has 160 valence electrons. The highest BCUT2D eigenvalue weighted by atomic mass is 35.5. The number of aromatic nitrogens is 3. The minimum absolute atomic E-state index is 0.0122. The van der Waals surface area contributed by atoms with E-state index in [-0.39, 0.29) is 18.2 Å². The SMILES string of the molecule is Cc1ccc(Cl)cc1NC(=O)C[C@@H]1C(=O)N(Cc2cccnc2)c2nc3ccccc3n21. The Labute approximate surface area is 189 Å². The molecule has 5 rings (SSSR count). The Morgan fingerprint density at radius 3 is 2.81 bits per heavy atom. The van der Waals surface area contributed by atoms with Crippen LogP contribution in [-0.4, -0.2) is 26.3 Å². The highest BCUT2D eigenvalue weighted by molar-refractivity contribution is 6.31. The fourth-order valence-corrected chi connectivity index (χ4v) is 4.20. The summed E-state index contributed by atoms with van der Waals surface area (Å²) in [6.07, 6.45) is 3.40. The van der Waals surface area contributed by atoms with Gasteiger partial charge in [0.2, 0.25) is 11.9 Å². The molecular formula is C24H20ClN5O2. The van der Waals surface area contributed by atoms with E-state index in [1.807, 2.05) is 54.0 Å². The van der Waals surface area contributed by atoms with Gasteiger partial charge in [0.25, 0.3) is 5.91 Å². The largest absolute Gasteiger partial charge is 0.326 e. The zero-order valence-electron chi connectivity index (χ0n) is 17.3. The Morgan fingerprint density at radius 1 is 1.16 bits per heavy atom. The van der Waals surface area contributed by atoms with Crippen molar-refractivity contribution in [2.24, 2.45) is 0 Å². The number of nitrogens with zero attached hydrogens (tertiary/aromatic N) is 4. The van der Waals surface area contributed by atoms with Gasteiger partial charge in [-0.05, 0) is 48.4 Å². The Bertz CT molecular complexity index is 1330. The fraction of sp³-hybridized carbons (Fsp3) is 0.167. The zero-order chi connectivity index (χ0) is 22.2. The molecule has 2 aromatic carbocycles. The van der Waals surface area contributed by atoms with E-state index in [0.717, 1.165) is 22.2 Å². The summed E-state index contributed by atoms with van der Waals surface area (Å²) in [6, 6.07) is 16.0. The molecule has 0 saturated heterocycles. The first-order chi connectivity index (χ1) is 15.5. The molecule has 0 spiro atoms. The number of halogens is 1. The number of carbonyl (C=O) groups is 2. The van der Waals surface area contributed by atoms with Crippen LogP contribution in [0.4, 0.5) is 11.6 Å². The van der Waals surface area contributed by atoms with Crippen molar-refractivity contribution in [1.29, 1.82) is 0 Å². The lowest BCUT2D eigenvalue weighted by atomic mass is 10.1. The van der Waals surface area contributed by atoms with Crippen molar-refractivity contribution < 1.29 is 9.59 Å². The summed E-state index contributed by atoms with van der Waals surface area (Å²) in [5.41, 5.74) is 4.02. The molecular weight excluding hydrogens is 426 g/mol. The van der Waals surface area contributed by atoms with E-state index in [4.69, 9.17) is 11.6 Å². The van der Waals surface area contributed by atoms with Gasteiger partial charge >= 0.3 is 0 Å². The van der Waals surface area contributed by atoms with Crippen LogP contribution in [0.5, 0.6) is 0 Å². The number of hydrogen-bond donors (Lipinski definition) is 1. The summed E-state index contributed by atoms with van der Waals surface area (Å²) in [4.78, 5) is 36.8. The van der Waals surface area contributed by atoms with Gasteiger partial charge in [-0.1, -0.05) is 35.9 Å². The number of benzene rings is 2. The number of nitrogens with one attached hydrogen (secondary N) is 1. The Morgan fingerprint density at radius 2 is 2.00 bits per heavy atom. The smallest absolute Gasteiger partial charge is 0.253 e. The number of fused-ring (bicyclic) bond motifs is 3. The lowest BCUT2D eigenvalue weighted by molar-refractivity contribution is -0.124. The first-order valence-electron chi connectivity index (χ1n) is 10.2. The number of para-hydroxylation sites is 2. The maximum absolute atomic E-state index is 13.4. The molecule has 0 unspecified atom stereocenters. The van der Waals surface area contributed by atoms with Gasteiger partial charge < -0.3 is 5.32 Å². The van der Waals surface area contributed by atoms with Gasteiger partial charge in [0, 0.05) is 23.1 Å². The standard InChI is InChI=1S/C24H20ClN5O2/c1-15-8-9-17(25)11-19(15)27-22(31)12-21-23(32)29(14-16-5-4-10-26-13-16)24-28-18-6-2-3-7-20(18)30(21)24/h2-11,13,21H,12,14H2,1H3,(H,27,31)/t21-/m1/s1. The number of anilines is 2. The van der Waals surface area contributed by atoms with Crippen LogP contribution in [0.25, 0.3) is 11.0 Å². The lowest BCUT2D eigenvalue weighted by Gasteiger charge is -2.16. The number of amides is 2. The zero-order valence-corrected chi connectivity index (χ0v) is 18.1. The summed E-state index contributed by atoms with van der Waals surface area (Å²) >= 11 is 6.08. The van der Waals surface area contributed by atoms with Gasteiger partial charge in [0.05, 0.1) is 24.0 Å². The van der Waals surface area contributed by atoms with Crippen molar-refractivity contribution in [2.75, 3.05) is 10.2 Å². The topological polar surface area (TPSA) is 80.1 Å². The maximum Gasteiger partial charge on any atom is 0.253 e. The second-order valence-electron chi connectivity index (χ2n) is 7.78. The van der Waals surface area contributed by atoms with E-state index >= 15 is 0 Å². The highest BCUT2D eigenvalue weighted by Crippen LogP contribution is 2.37. The van der Waals surface area contributed by atoms with Crippen LogP contribution >= 0.6 is 11.6 Å². The average Bonchev–Trinajstić information content (AvgIpc) is 3.28. The van der Waals surface area contributed by atoms with Gasteiger partial charge in [0.15, 0.2) is 0 Å². The molecule has 8 heteroatoms. The Kier molecular flexibility index (Phi) is 5.11. The van der Waals surface area contributed by atoms with E-state index in [2.05, 4.69) is 15.3 Å². The van der Waals surface area contributed by atoms with Crippen LogP contribution in [0, 0.1) is 6.92 Å². The molecule has 0 saturated carbocycles. The van der Waals surface area contributed by atoms with Crippen molar-refractivity contribution in [2.45, 2.75) is 25.9 Å². The summed E-state index contributed by atoms with van der Waals surface area (Å²) in [7, 11) is 0. The minimum atomic E-state index is -0.687. The Balaban J connectivity index is 1.48. The molecule has 3 heterocycles. The summed E-state index contributed by atoms with van der Waals surface area (Å²) < 4.78 is 1.86. The second-order valence-corrected chi connectivity index (χ2v) is 8.22. The van der Waals surface area contributed by atoms with Crippen molar-refractivity contribution >= 4 is 46.1 Å². The molecule has 1 atom stereocenters. The maximum atomic E-state index is 13.4. The molecule has 4 aromatic rings. The number of pyridine rings is 1. The molecule has 2 amide bonds. The summed E-state index contributed by atoms with van der Waals surface area (Å²) in [6.45, 7) is 2.23. The number of imidazole rings is 1. The van der Waals surface area contributed by atoms with Crippen molar-refractivity contribution in [3.05, 3.63) is 83.1 Å². The van der Waals surface area contributed by atoms with E-state index < -0.39 is 6.04 Å². The quantitative estimate of drug-likeness (QED) is 0.490. The van der Waals surface area contributed by atoms with E-state index in [1.165, 1.54) is 0 Å². The van der Waals surface area contributed by atoms with Crippen LogP contribution in [0.2, 0.25) is 5.02 Å². The van der Waals surface area contributed by atoms with Crippen LogP contribution in [0.15, 0.2) is 67.0 Å². The van der Waals surface area contributed by atoms with Gasteiger partial charge in [-0.15, -0.1) is 0 Å². The molecule has 7 nitrogen and oxygen atoms in total. The highest BCUT2D eigenvalue weighted by Gasteiger charge is 2.40. The average molecular weight is 446 g/mol. The second kappa shape index (κ2) is 8.09. The number of aryl methyl sites for hydroxylation is 1. The fourth-order valence-electron chi connectivity index (χ4n) is 4.03. The third-order valence-corrected chi connectivity index (χ3v) is 5.83. The van der Waals surface area contributed by atoms with E-state index in [9.17, 15) is 9.59 Å². The molecule has 0 bridgehead atoms. The first-order valence-corrected chi connectivity index (χ1v) is 10.6. The molecule has 0 fully saturated rings. The summed E-state index contributed by atoms with van der Waals surface area (Å²) in [5.74, 6) is 0.109. The summed E-state index contributed by atoms with van der Waals surface area (Å²) in [5, 5.41) is 3.43. The minimum Gasteiger partial charge on any atom is -0.326 e. The predicted octanol–water partition coefficient (Wildman–Crippen LogP) is 4.51. The molecule has 1 N–H and O–H groups in total. The van der Waals surface area contributed by atoms with Crippen molar-refractivity contribution in [3.8, 4) is 0 Å². The van der Waals surface area contributed by atoms with E-state index in [0.29, 0.717) is 23.2 Å².